The van der Waals surface area contributed by atoms with Gasteiger partial charge in [-0.25, -0.2) is 9.97 Å². The Morgan fingerprint density at radius 1 is 1.50 bits per heavy atom. The molecule has 0 radical (unpaired) electrons. The first kappa shape index (κ1) is 11.1. The van der Waals surface area contributed by atoms with Gasteiger partial charge in [0, 0.05) is 19.3 Å². The van der Waals surface area contributed by atoms with E-state index in [2.05, 4.69) is 22.2 Å². The molecule has 1 aliphatic rings. The Bertz CT molecular complexity index is 339. The van der Waals surface area contributed by atoms with Crippen LogP contribution in [0.1, 0.15) is 19.8 Å². The number of nitrogen functional groups attached to an aromatic ring is 1. The summed E-state index contributed by atoms with van der Waals surface area (Å²) in [6.07, 6.45) is 5.32. The van der Waals surface area contributed by atoms with Crippen LogP contribution in [0.2, 0.25) is 0 Å². The molecule has 1 aromatic rings. The fourth-order valence-corrected chi connectivity index (χ4v) is 2.01. The SMILES string of the molecule is CC(Nc1ncncc1N)C1CCOCC1. The van der Waals surface area contributed by atoms with E-state index >= 15 is 0 Å². The highest BCUT2D eigenvalue weighted by molar-refractivity contribution is 5.59. The third-order valence-corrected chi connectivity index (χ3v) is 3.08. The minimum Gasteiger partial charge on any atom is -0.394 e. The molecule has 1 aliphatic heterocycles. The molecule has 2 rings (SSSR count). The number of hydrogen-bond donors (Lipinski definition) is 2. The Labute approximate surface area is 95.4 Å². The average molecular weight is 222 g/mol. The molecule has 1 unspecified atom stereocenters. The van der Waals surface area contributed by atoms with Crippen LogP contribution >= 0.6 is 0 Å². The molecule has 0 aromatic carbocycles. The van der Waals surface area contributed by atoms with Crippen molar-refractivity contribution in [3.8, 4) is 0 Å². The number of anilines is 2. The van der Waals surface area contributed by atoms with Crippen LogP contribution in [0.5, 0.6) is 0 Å². The minimum atomic E-state index is 0.362. The molecule has 1 aromatic heterocycles. The van der Waals surface area contributed by atoms with Crippen LogP contribution in [0.4, 0.5) is 11.5 Å². The van der Waals surface area contributed by atoms with Crippen molar-refractivity contribution < 1.29 is 4.74 Å². The maximum absolute atomic E-state index is 5.79. The molecule has 0 amide bonds. The lowest BCUT2D eigenvalue weighted by molar-refractivity contribution is 0.0622. The lowest BCUT2D eigenvalue weighted by atomic mass is 9.93. The number of nitrogens with two attached hydrogens (primary N) is 1. The summed E-state index contributed by atoms with van der Waals surface area (Å²) in [4.78, 5) is 8.00. The Kier molecular flexibility index (Phi) is 3.56. The summed E-state index contributed by atoms with van der Waals surface area (Å²) in [7, 11) is 0. The molecule has 5 nitrogen and oxygen atoms in total. The van der Waals surface area contributed by atoms with Crippen molar-refractivity contribution in [3.05, 3.63) is 12.5 Å². The maximum Gasteiger partial charge on any atom is 0.152 e. The van der Waals surface area contributed by atoms with E-state index in [-0.39, 0.29) is 0 Å². The molecule has 1 saturated heterocycles. The van der Waals surface area contributed by atoms with Gasteiger partial charge in [0.1, 0.15) is 6.33 Å². The van der Waals surface area contributed by atoms with Gasteiger partial charge >= 0.3 is 0 Å². The van der Waals surface area contributed by atoms with Crippen molar-refractivity contribution >= 4 is 11.5 Å². The molecule has 88 valence electrons. The number of nitrogens with one attached hydrogen (secondary N) is 1. The number of aromatic nitrogens is 2. The summed E-state index contributed by atoms with van der Waals surface area (Å²) in [6.45, 7) is 3.88. The van der Waals surface area contributed by atoms with Gasteiger partial charge in [-0.05, 0) is 25.7 Å². The molecule has 0 saturated carbocycles. The van der Waals surface area contributed by atoms with Crippen LogP contribution in [0, 0.1) is 5.92 Å². The topological polar surface area (TPSA) is 73.1 Å². The highest BCUT2D eigenvalue weighted by Crippen LogP contribution is 2.22. The average Bonchev–Trinajstić information content (AvgIpc) is 2.33. The summed E-state index contributed by atoms with van der Waals surface area (Å²) in [5.41, 5.74) is 6.38. The van der Waals surface area contributed by atoms with Gasteiger partial charge in [-0.3, -0.25) is 0 Å². The minimum absolute atomic E-state index is 0.362. The first-order chi connectivity index (χ1) is 7.77. The molecule has 0 aliphatic carbocycles. The predicted octanol–water partition coefficient (Wildman–Crippen LogP) is 1.29. The van der Waals surface area contributed by atoms with Gasteiger partial charge in [0.05, 0.1) is 11.9 Å². The molecule has 16 heavy (non-hydrogen) atoms. The zero-order valence-electron chi connectivity index (χ0n) is 9.52. The number of nitrogens with zero attached hydrogens (tertiary/aromatic N) is 2. The van der Waals surface area contributed by atoms with Crippen molar-refractivity contribution in [3.63, 3.8) is 0 Å². The molecule has 2 heterocycles. The highest BCUT2D eigenvalue weighted by atomic mass is 16.5. The van der Waals surface area contributed by atoms with Crippen LogP contribution in [0.25, 0.3) is 0 Å². The number of ether oxygens (including phenoxy) is 1. The van der Waals surface area contributed by atoms with E-state index in [0.717, 1.165) is 31.9 Å². The summed E-state index contributed by atoms with van der Waals surface area (Å²) in [6, 6.07) is 0.362. The van der Waals surface area contributed by atoms with E-state index in [1.54, 1.807) is 6.20 Å². The summed E-state index contributed by atoms with van der Waals surface area (Å²) >= 11 is 0. The Hall–Kier alpha value is -1.36. The van der Waals surface area contributed by atoms with Gasteiger partial charge in [0.15, 0.2) is 5.82 Å². The Balaban J connectivity index is 1.96. The third-order valence-electron chi connectivity index (χ3n) is 3.08. The highest BCUT2D eigenvalue weighted by Gasteiger charge is 2.20. The molecule has 1 fully saturated rings. The first-order valence-electron chi connectivity index (χ1n) is 5.67. The van der Waals surface area contributed by atoms with Gasteiger partial charge in [-0.2, -0.15) is 0 Å². The quantitative estimate of drug-likeness (QED) is 0.806. The monoisotopic (exact) mass is 222 g/mol. The first-order valence-corrected chi connectivity index (χ1v) is 5.67. The van der Waals surface area contributed by atoms with Crippen LogP contribution < -0.4 is 11.1 Å². The van der Waals surface area contributed by atoms with Crippen molar-refractivity contribution in [2.45, 2.75) is 25.8 Å². The van der Waals surface area contributed by atoms with Crippen LogP contribution in [0.3, 0.4) is 0 Å². The molecule has 0 spiro atoms. The molecular weight excluding hydrogens is 204 g/mol. The van der Waals surface area contributed by atoms with Crippen LogP contribution in [-0.2, 0) is 4.74 Å². The van der Waals surface area contributed by atoms with E-state index in [9.17, 15) is 0 Å². The standard InChI is InChI=1S/C11H18N4O/c1-8(9-2-4-16-5-3-9)15-11-10(12)6-13-7-14-11/h6-9H,2-5,12H2,1H3,(H,13,14,15). The second-order valence-electron chi connectivity index (χ2n) is 4.21. The van der Waals surface area contributed by atoms with Gasteiger partial charge in [-0.15, -0.1) is 0 Å². The van der Waals surface area contributed by atoms with Crippen molar-refractivity contribution in [1.29, 1.82) is 0 Å². The predicted molar refractivity (Wildman–Crippen MR) is 63.1 cm³/mol. The zero-order valence-corrected chi connectivity index (χ0v) is 9.52. The van der Waals surface area contributed by atoms with E-state index in [1.165, 1.54) is 6.33 Å². The lowest BCUT2D eigenvalue weighted by Gasteiger charge is -2.28. The lowest BCUT2D eigenvalue weighted by Crippen LogP contribution is -2.31. The summed E-state index contributed by atoms with van der Waals surface area (Å²) in [5.74, 6) is 1.36. The van der Waals surface area contributed by atoms with Crippen LogP contribution in [-0.4, -0.2) is 29.2 Å². The van der Waals surface area contributed by atoms with Crippen molar-refractivity contribution in [1.82, 2.24) is 9.97 Å². The van der Waals surface area contributed by atoms with Gasteiger partial charge in [0.2, 0.25) is 0 Å². The Morgan fingerprint density at radius 2 is 2.25 bits per heavy atom. The van der Waals surface area contributed by atoms with Crippen molar-refractivity contribution in [2.75, 3.05) is 24.3 Å². The van der Waals surface area contributed by atoms with Gasteiger partial charge in [0.25, 0.3) is 0 Å². The molecule has 3 N–H and O–H groups in total. The maximum atomic E-state index is 5.79. The summed E-state index contributed by atoms with van der Waals surface area (Å²) < 4.78 is 5.35. The molecule has 0 bridgehead atoms. The zero-order chi connectivity index (χ0) is 11.4. The number of hydrogen-bond acceptors (Lipinski definition) is 5. The molecular formula is C11H18N4O. The van der Waals surface area contributed by atoms with E-state index in [1.807, 2.05) is 0 Å². The summed E-state index contributed by atoms with van der Waals surface area (Å²) in [5, 5.41) is 3.35. The smallest absolute Gasteiger partial charge is 0.152 e. The largest absolute Gasteiger partial charge is 0.394 e. The molecule has 1 atom stereocenters. The van der Waals surface area contributed by atoms with E-state index in [4.69, 9.17) is 10.5 Å². The fourth-order valence-electron chi connectivity index (χ4n) is 2.01. The normalized spacial score (nSPS) is 19.3. The van der Waals surface area contributed by atoms with Crippen LogP contribution in [0.15, 0.2) is 12.5 Å². The van der Waals surface area contributed by atoms with Gasteiger partial charge < -0.3 is 15.8 Å². The van der Waals surface area contributed by atoms with E-state index in [0.29, 0.717) is 17.6 Å². The fraction of sp³-hybridized carbons (Fsp3) is 0.636. The second kappa shape index (κ2) is 5.12. The number of rotatable bonds is 3. The Morgan fingerprint density at radius 3 is 2.94 bits per heavy atom. The third kappa shape index (κ3) is 2.61. The van der Waals surface area contributed by atoms with Gasteiger partial charge in [-0.1, -0.05) is 0 Å². The van der Waals surface area contributed by atoms with Crippen molar-refractivity contribution in [2.24, 2.45) is 5.92 Å². The second-order valence-corrected chi connectivity index (χ2v) is 4.21. The van der Waals surface area contributed by atoms with E-state index < -0.39 is 0 Å². The molecule has 5 heteroatoms.